The summed E-state index contributed by atoms with van der Waals surface area (Å²) in [5.41, 5.74) is 6.54. The molecule has 0 radical (unpaired) electrons. The molecule has 0 aromatic heterocycles. The van der Waals surface area contributed by atoms with Gasteiger partial charge in [0.15, 0.2) is 0 Å². The highest BCUT2D eigenvalue weighted by Crippen LogP contribution is 2.50. The minimum atomic E-state index is -0.767. The lowest BCUT2D eigenvalue weighted by Gasteiger charge is -2.51. The number of benzene rings is 2. The number of amides is 3. The van der Waals surface area contributed by atoms with Crippen molar-refractivity contribution in [2.45, 2.75) is 50.4 Å². The first-order chi connectivity index (χ1) is 15.9. The molecule has 2 aromatic rings. The highest BCUT2D eigenvalue weighted by molar-refractivity contribution is 5.95. The zero-order valence-corrected chi connectivity index (χ0v) is 18.7. The molecule has 1 aliphatic carbocycles. The van der Waals surface area contributed by atoms with Crippen molar-refractivity contribution in [3.8, 4) is 5.75 Å². The second-order valence-corrected chi connectivity index (χ2v) is 8.73. The third-order valence-electron chi connectivity index (χ3n) is 6.45. The van der Waals surface area contributed by atoms with Crippen LogP contribution in [0.1, 0.15) is 43.2 Å². The van der Waals surface area contributed by atoms with Crippen LogP contribution in [0, 0.1) is 0 Å². The highest BCUT2D eigenvalue weighted by atomic mass is 16.6. The number of nitrogens with one attached hydrogen (secondary N) is 1. The number of carbonyl (C=O) groups excluding carboxylic acids is 3. The number of nitrogens with two attached hydrogens (primary N) is 1. The Morgan fingerprint density at radius 2 is 1.85 bits per heavy atom. The van der Waals surface area contributed by atoms with E-state index in [0.29, 0.717) is 18.8 Å². The quantitative estimate of drug-likeness (QED) is 0.699. The van der Waals surface area contributed by atoms with Crippen molar-refractivity contribution in [3.05, 3.63) is 65.7 Å². The molecule has 3 atom stereocenters. The number of fused-ring (bicyclic) bond motifs is 4. The normalized spacial score (nSPS) is 23.0. The van der Waals surface area contributed by atoms with Gasteiger partial charge >= 0.3 is 6.09 Å². The molecule has 1 fully saturated rings. The third kappa shape index (κ3) is 4.85. The molecule has 4 rings (SSSR count). The molecule has 174 valence electrons. The molecule has 1 saturated carbocycles. The van der Waals surface area contributed by atoms with Crippen molar-refractivity contribution in [2.75, 3.05) is 13.1 Å². The van der Waals surface area contributed by atoms with E-state index in [0.717, 1.165) is 28.2 Å². The topological polar surface area (TPSA) is 111 Å². The highest BCUT2D eigenvalue weighted by Gasteiger charge is 2.52. The number of imide groups is 1. The van der Waals surface area contributed by atoms with Crippen LogP contribution in [-0.2, 0) is 20.9 Å². The lowest BCUT2D eigenvalue weighted by atomic mass is 9.70. The molecule has 0 saturated heterocycles. The van der Waals surface area contributed by atoms with Gasteiger partial charge < -0.3 is 20.5 Å². The average molecular weight is 452 g/mol. The smallest absolute Gasteiger partial charge is 0.417 e. The van der Waals surface area contributed by atoms with Gasteiger partial charge in [0.2, 0.25) is 5.91 Å². The molecule has 2 aromatic carbocycles. The molecule has 8 nitrogen and oxygen atoms in total. The van der Waals surface area contributed by atoms with E-state index in [1.165, 1.54) is 0 Å². The summed E-state index contributed by atoms with van der Waals surface area (Å²) in [6.07, 6.45) is 1.32. The minimum Gasteiger partial charge on any atom is -0.485 e. The second kappa shape index (κ2) is 9.62. The van der Waals surface area contributed by atoms with E-state index < -0.39 is 29.6 Å². The van der Waals surface area contributed by atoms with Crippen LogP contribution in [0.4, 0.5) is 4.79 Å². The Bertz CT molecular complexity index is 1030. The van der Waals surface area contributed by atoms with Gasteiger partial charge in [0.1, 0.15) is 18.0 Å². The summed E-state index contributed by atoms with van der Waals surface area (Å²) in [6.45, 7) is 1.38. The standard InChI is InChI=1S/C25H29N3O5/c1-25-13-18(19-9-5-6-10-20(19)33-25)11-12-21(25)28(23(30)15-27-22(29)14-26)24(31)32-16-17-7-3-2-4-8-17/h2-10,18,21H,11-16,26H2,1H3,(H,27,29). The molecule has 8 heteroatoms. The van der Waals surface area contributed by atoms with Crippen molar-refractivity contribution in [1.29, 1.82) is 0 Å². The predicted molar refractivity (Wildman–Crippen MR) is 121 cm³/mol. The Balaban J connectivity index is 1.57. The Hall–Kier alpha value is -3.39. The summed E-state index contributed by atoms with van der Waals surface area (Å²) in [7, 11) is 0. The lowest BCUT2D eigenvalue weighted by molar-refractivity contribution is -0.140. The SMILES string of the molecule is CC12CC(CCC1N(C(=O)CNC(=O)CN)C(=O)OCc1ccccc1)c1ccccc1O2. The maximum absolute atomic E-state index is 13.2. The zero-order chi connectivity index (χ0) is 23.4. The molecule has 3 amide bonds. The average Bonchev–Trinajstić information content (AvgIpc) is 2.83. The first-order valence-corrected chi connectivity index (χ1v) is 11.2. The number of carbonyl (C=O) groups is 3. The van der Waals surface area contributed by atoms with Crippen LogP contribution in [-0.4, -0.2) is 47.5 Å². The van der Waals surface area contributed by atoms with Crippen LogP contribution in [0.15, 0.2) is 54.6 Å². The lowest BCUT2D eigenvalue weighted by Crippen LogP contribution is -2.62. The summed E-state index contributed by atoms with van der Waals surface area (Å²) >= 11 is 0. The zero-order valence-electron chi connectivity index (χ0n) is 18.7. The Morgan fingerprint density at radius 3 is 2.61 bits per heavy atom. The fourth-order valence-electron chi connectivity index (χ4n) is 4.85. The number of rotatable bonds is 6. The summed E-state index contributed by atoms with van der Waals surface area (Å²) in [6, 6.07) is 16.6. The van der Waals surface area contributed by atoms with Crippen LogP contribution >= 0.6 is 0 Å². The summed E-state index contributed by atoms with van der Waals surface area (Å²) < 4.78 is 11.9. The van der Waals surface area contributed by atoms with Crippen molar-refractivity contribution in [3.63, 3.8) is 0 Å². The molecule has 3 unspecified atom stereocenters. The van der Waals surface area contributed by atoms with Gasteiger partial charge in [-0.3, -0.25) is 9.59 Å². The van der Waals surface area contributed by atoms with Gasteiger partial charge in [-0.15, -0.1) is 0 Å². The van der Waals surface area contributed by atoms with E-state index in [9.17, 15) is 14.4 Å². The predicted octanol–water partition coefficient (Wildman–Crippen LogP) is 2.71. The van der Waals surface area contributed by atoms with E-state index >= 15 is 0 Å². The monoisotopic (exact) mass is 451 g/mol. The molecule has 2 bridgehead atoms. The Kier molecular flexibility index (Phi) is 6.65. The fourth-order valence-corrected chi connectivity index (χ4v) is 4.85. The number of ether oxygens (including phenoxy) is 2. The Morgan fingerprint density at radius 1 is 1.12 bits per heavy atom. The van der Waals surface area contributed by atoms with Gasteiger partial charge in [-0.05, 0) is 49.3 Å². The maximum Gasteiger partial charge on any atom is 0.417 e. The molecule has 1 heterocycles. The van der Waals surface area contributed by atoms with Crippen LogP contribution in [0.25, 0.3) is 0 Å². The largest absolute Gasteiger partial charge is 0.485 e. The number of hydrogen-bond donors (Lipinski definition) is 2. The molecular weight excluding hydrogens is 422 g/mol. The first kappa shape index (κ1) is 22.8. The van der Waals surface area contributed by atoms with E-state index in [1.807, 2.05) is 55.5 Å². The van der Waals surface area contributed by atoms with E-state index in [4.69, 9.17) is 15.2 Å². The third-order valence-corrected chi connectivity index (χ3v) is 6.45. The molecule has 3 N–H and O–H groups in total. The molecule has 1 aliphatic heterocycles. The number of hydrogen-bond acceptors (Lipinski definition) is 6. The summed E-state index contributed by atoms with van der Waals surface area (Å²) in [4.78, 5) is 39.1. The van der Waals surface area contributed by atoms with Crippen LogP contribution in [0.2, 0.25) is 0 Å². The molecule has 0 spiro atoms. The van der Waals surface area contributed by atoms with Gasteiger partial charge in [-0.2, -0.15) is 0 Å². The molecular formula is C25H29N3O5. The van der Waals surface area contributed by atoms with Gasteiger partial charge in [-0.25, -0.2) is 9.69 Å². The van der Waals surface area contributed by atoms with E-state index in [1.54, 1.807) is 0 Å². The maximum atomic E-state index is 13.2. The van der Waals surface area contributed by atoms with E-state index in [-0.39, 0.29) is 19.7 Å². The fraction of sp³-hybridized carbons (Fsp3) is 0.400. The van der Waals surface area contributed by atoms with Crippen LogP contribution in [0.5, 0.6) is 5.75 Å². The van der Waals surface area contributed by atoms with Gasteiger partial charge in [-0.1, -0.05) is 48.5 Å². The number of nitrogens with zero attached hydrogens (tertiary/aromatic N) is 1. The van der Waals surface area contributed by atoms with Crippen molar-refractivity contribution in [1.82, 2.24) is 10.2 Å². The molecule has 2 aliphatic rings. The van der Waals surface area contributed by atoms with Crippen molar-refractivity contribution in [2.24, 2.45) is 5.73 Å². The van der Waals surface area contributed by atoms with Crippen LogP contribution in [0.3, 0.4) is 0 Å². The first-order valence-electron chi connectivity index (χ1n) is 11.2. The second-order valence-electron chi connectivity index (χ2n) is 8.73. The van der Waals surface area contributed by atoms with Crippen LogP contribution < -0.4 is 15.8 Å². The van der Waals surface area contributed by atoms with Crippen molar-refractivity contribution >= 4 is 17.9 Å². The minimum absolute atomic E-state index is 0.0361. The van der Waals surface area contributed by atoms with Gasteiger partial charge in [0.25, 0.3) is 5.91 Å². The summed E-state index contributed by atoms with van der Waals surface area (Å²) in [5, 5.41) is 2.46. The Labute approximate surface area is 193 Å². The van der Waals surface area contributed by atoms with Gasteiger partial charge in [0, 0.05) is 0 Å². The summed E-state index contributed by atoms with van der Waals surface area (Å²) in [5.74, 6) is 0.0496. The van der Waals surface area contributed by atoms with E-state index in [2.05, 4.69) is 11.4 Å². The number of para-hydroxylation sites is 1. The molecule has 33 heavy (non-hydrogen) atoms. The van der Waals surface area contributed by atoms with Gasteiger partial charge in [0.05, 0.1) is 19.1 Å². The van der Waals surface area contributed by atoms with Crippen molar-refractivity contribution < 1.29 is 23.9 Å².